The number of nitrogens with zero attached hydrogens (tertiary/aromatic N) is 3. The van der Waals surface area contributed by atoms with Crippen LogP contribution in [0.5, 0.6) is 0 Å². The Hall–Kier alpha value is -0.530. The quantitative estimate of drug-likeness (QED) is 0.462. The molecule has 0 saturated heterocycles. The molecule has 1 atom stereocenters. The fourth-order valence-electron chi connectivity index (χ4n) is 2.71. The number of alkyl halides is 1. The first kappa shape index (κ1) is 13.5. The van der Waals surface area contributed by atoms with Crippen LogP contribution in [0.4, 0.5) is 5.82 Å². The molecule has 6 heteroatoms. The number of rotatable bonds is 1. The van der Waals surface area contributed by atoms with Gasteiger partial charge in [0.05, 0.1) is 9.07 Å². The molecule has 1 aliphatic heterocycles. The standard InChI is InChI=1S/C13H16ClIN4/c1-7-9-5-10(14)12(16)17-13(9)19-4-3-18(8(2)15)6-11(7)19/h5,8H,3-4,6H2,1-2H3,(H2,16,17)/t8-/m0/s1. The summed E-state index contributed by atoms with van der Waals surface area (Å²) in [6.07, 6.45) is 0. The molecule has 2 aromatic heterocycles. The van der Waals surface area contributed by atoms with E-state index in [1.807, 2.05) is 6.07 Å². The number of aromatic nitrogens is 2. The van der Waals surface area contributed by atoms with Crippen molar-refractivity contribution in [3.63, 3.8) is 0 Å². The minimum Gasteiger partial charge on any atom is -0.382 e. The highest BCUT2D eigenvalue weighted by Gasteiger charge is 2.24. The molecule has 0 bridgehead atoms. The number of pyridine rings is 1. The summed E-state index contributed by atoms with van der Waals surface area (Å²) in [6.45, 7) is 7.33. The van der Waals surface area contributed by atoms with Gasteiger partial charge in [-0.1, -0.05) is 34.2 Å². The van der Waals surface area contributed by atoms with E-state index in [2.05, 4.69) is 50.9 Å². The number of halogens is 2. The summed E-state index contributed by atoms with van der Waals surface area (Å²) in [6, 6.07) is 1.94. The molecular formula is C13H16ClIN4. The normalized spacial score (nSPS) is 17.7. The third-order valence-electron chi connectivity index (χ3n) is 3.87. The molecule has 102 valence electrons. The minimum atomic E-state index is 0.416. The number of hydrogen-bond donors (Lipinski definition) is 1. The lowest BCUT2D eigenvalue weighted by molar-refractivity contribution is 0.224. The topological polar surface area (TPSA) is 47.1 Å². The Balaban J connectivity index is 2.19. The molecule has 4 nitrogen and oxygen atoms in total. The maximum Gasteiger partial charge on any atom is 0.144 e. The fraction of sp³-hybridized carbons (Fsp3) is 0.462. The van der Waals surface area contributed by atoms with Gasteiger partial charge in [0.1, 0.15) is 11.5 Å². The van der Waals surface area contributed by atoms with Gasteiger partial charge in [-0.15, -0.1) is 0 Å². The Morgan fingerprint density at radius 1 is 1.47 bits per heavy atom. The lowest BCUT2D eigenvalue weighted by Crippen LogP contribution is -2.37. The number of anilines is 1. The molecule has 1 aliphatic rings. The lowest BCUT2D eigenvalue weighted by atomic mass is 10.1. The van der Waals surface area contributed by atoms with Crippen LogP contribution < -0.4 is 5.73 Å². The van der Waals surface area contributed by atoms with Crippen LogP contribution >= 0.6 is 34.2 Å². The van der Waals surface area contributed by atoms with E-state index in [1.54, 1.807) is 0 Å². The number of nitrogen functional groups attached to an aromatic ring is 1. The summed E-state index contributed by atoms with van der Waals surface area (Å²) < 4.78 is 2.82. The van der Waals surface area contributed by atoms with Crippen LogP contribution in [0.2, 0.25) is 5.02 Å². The van der Waals surface area contributed by atoms with Crippen molar-refractivity contribution in [2.45, 2.75) is 31.0 Å². The zero-order valence-corrected chi connectivity index (χ0v) is 13.9. The van der Waals surface area contributed by atoms with Crippen LogP contribution in [0.1, 0.15) is 18.2 Å². The van der Waals surface area contributed by atoms with E-state index in [9.17, 15) is 0 Å². The molecule has 0 spiro atoms. The fourth-order valence-corrected chi connectivity index (χ4v) is 3.34. The first-order valence-electron chi connectivity index (χ1n) is 6.31. The van der Waals surface area contributed by atoms with Gasteiger partial charge < -0.3 is 10.3 Å². The van der Waals surface area contributed by atoms with Gasteiger partial charge in [-0.05, 0) is 25.5 Å². The lowest BCUT2D eigenvalue weighted by Gasteiger charge is -2.31. The van der Waals surface area contributed by atoms with E-state index < -0.39 is 0 Å². The first-order chi connectivity index (χ1) is 8.99. The zero-order chi connectivity index (χ0) is 13.7. The van der Waals surface area contributed by atoms with Gasteiger partial charge in [0.2, 0.25) is 0 Å². The molecule has 0 amide bonds. The average molecular weight is 391 g/mol. The molecule has 3 heterocycles. The summed E-state index contributed by atoms with van der Waals surface area (Å²) in [4.78, 5) is 6.93. The van der Waals surface area contributed by atoms with Crippen molar-refractivity contribution in [1.29, 1.82) is 0 Å². The minimum absolute atomic E-state index is 0.416. The maximum absolute atomic E-state index is 6.09. The zero-order valence-electron chi connectivity index (χ0n) is 11.0. The van der Waals surface area contributed by atoms with Crippen LogP contribution in [0.3, 0.4) is 0 Å². The summed E-state index contributed by atoms with van der Waals surface area (Å²) in [5.74, 6) is 0.416. The molecule has 0 unspecified atom stereocenters. The van der Waals surface area contributed by atoms with Crippen molar-refractivity contribution < 1.29 is 0 Å². The molecule has 0 aliphatic carbocycles. The van der Waals surface area contributed by atoms with Crippen LogP contribution in [0.15, 0.2) is 6.07 Å². The van der Waals surface area contributed by atoms with E-state index in [0.29, 0.717) is 14.9 Å². The van der Waals surface area contributed by atoms with Crippen LogP contribution in [-0.2, 0) is 13.1 Å². The molecule has 0 saturated carbocycles. The van der Waals surface area contributed by atoms with Crippen molar-refractivity contribution in [2.75, 3.05) is 12.3 Å². The number of aryl methyl sites for hydroxylation is 1. The predicted molar refractivity (Wildman–Crippen MR) is 87.8 cm³/mol. The number of nitrogens with two attached hydrogens (primary N) is 1. The molecular weight excluding hydrogens is 375 g/mol. The Bertz CT molecular complexity index is 650. The molecule has 3 rings (SSSR count). The van der Waals surface area contributed by atoms with Gasteiger partial charge in [-0.25, -0.2) is 4.98 Å². The van der Waals surface area contributed by atoms with Crippen LogP contribution in [0.25, 0.3) is 11.0 Å². The molecule has 0 aromatic carbocycles. The number of fused-ring (bicyclic) bond motifs is 3. The Labute approximate surface area is 131 Å². The van der Waals surface area contributed by atoms with Gasteiger partial charge in [0, 0.05) is 30.7 Å². The molecule has 2 aromatic rings. The average Bonchev–Trinajstić information content (AvgIpc) is 2.64. The van der Waals surface area contributed by atoms with Gasteiger partial charge in [-0.2, -0.15) is 0 Å². The smallest absolute Gasteiger partial charge is 0.144 e. The highest BCUT2D eigenvalue weighted by atomic mass is 127. The van der Waals surface area contributed by atoms with E-state index >= 15 is 0 Å². The molecule has 0 fully saturated rings. The van der Waals surface area contributed by atoms with Gasteiger partial charge in [-0.3, -0.25) is 4.90 Å². The van der Waals surface area contributed by atoms with Crippen molar-refractivity contribution in [3.8, 4) is 0 Å². The van der Waals surface area contributed by atoms with E-state index in [4.69, 9.17) is 17.3 Å². The monoisotopic (exact) mass is 390 g/mol. The van der Waals surface area contributed by atoms with Gasteiger partial charge in [0.25, 0.3) is 0 Å². The second-order valence-corrected chi connectivity index (χ2v) is 7.20. The molecule has 0 radical (unpaired) electrons. The van der Waals surface area contributed by atoms with Crippen molar-refractivity contribution >= 4 is 51.0 Å². The summed E-state index contributed by atoms with van der Waals surface area (Å²) in [7, 11) is 0. The third kappa shape index (κ3) is 2.11. The molecule has 2 N–H and O–H groups in total. The van der Waals surface area contributed by atoms with Crippen LogP contribution in [0, 0.1) is 6.92 Å². The van der Waals surface area contributed by atoms with E-state index in [-0.39, 0.29) is 0 Å². The van der Waals surface area contributed by atoms with E-state index in [1.165, 1.54) is 11.3 Å². The maximum atomic E-state index is 6.09. The highest BCUT2D eigenvalue weighted by molar-refractivity contribution is 14.1. The van der Waals surface area contributed by atoms with Crippen molar-refractivity contribution in [2.24, 2.45) is 0 Å². The highest BCUT2D eigenvalue weighted by Crippen LogP contribution is 2.32. The van der Waals surface area contributed by atoms with Crippen molar-refractivity contribution in [1.82, 2.24) is 14.5 Å². The summed E-state index contributed by atoms with van der Waals surface area (Å²) in [5, 5.41) is 1.66. The van der Waals surface area contributed by atoms with Crippen LogP contribution in [-0.4, -0.2) is 25.0 Å². The first-order valence-corrected chi connectivity index (χ1v) is 7.93. The van der Waals surface area contributed by atoms with E-state index in [0.717, 1.165) is 30.7 Å². The number of hydrogen-bond acceptors (Lipinski definition) is 3. The third-order valence-corrected chi connectivity index (χ3v) is 4.96. The Kier molecular flexibility index (Phi) is 3.39. The second kappa shape index (κ2) is 4.79. The Morgan fingerprint density at radius 2 is 2.21 bits per heavy atom. The Morgan fingerprint density at radius 3 is 2.89 bits per heavy atom. The SMILES string of the molecule is Cc1c2n(c3nc(N)c(Cl)cc13)CCN([C@@H](C)I)C2. The van der Waals surface area contributed by atoms with Gasteiger partial charge >= 0.3 is 0 Å². The van der Waals surface area contributed by atoms with Gasteiger partial charge in [0.15, 0.2) is 0 Å². The van der Waals surface area contributed by atoms with Crippen molar-refractivity contribution in [3.05, 3.63) is 22.3 Å². The largest absolute Gasteiger partial charge is 0.382 e. The molecule has 19 heavy (non-hydrogen) atoms. The summed E-state index contributed by atoms with van der Waals surface area (Å²) in [5.41, 5.74) is 9.41. The predicted octanol–water partition coefficient (Wildman–Crippen LogP) is 3.18. The second-order valence-electron chi connectivity index (χ2n) is 4.99. The summed E-state index contributed by atoms with van der Waals surface area (Å²) >= 11 is 8.56.